The molecule has 0 amide bonds. The van der Waals surface area contributed by atoms with E-state index in [1.807, 2.05) is 37.2 Å². The molecule has 7 nitrogen and oxygen atoms in total. The van der Waals surface area contributed by atoms with E-state index >= 15 is 0 Å². The standard InChI is InChI=1S/C24H21N5O2/c1-22-19(16-7-5-4-6-8-16)24(15-27,21(28)31-22)23(13-25,14-26)20(30-22)17-9-11-18(12-10-17)29(2)3/h4-12,19-20,28H,1-3H3. The van der Waals surface area contributed by atoms with Crippen molar-refractivity contribution in [3.63, 3.8) is 0 Å². The quantitative estimate of drug-likeness (QED) is 0.819. The minimum Gasteiger partial charge on any atom is -0.447 e. The first-order chi connectivity index (χ1) is 14.8. The van der Waals surface area contributed by atoms with Crippen molar-refractivity contribution in [1.29, 1.82) is 21.2 Å². The SMILES string of the molecule is CN(C)c1ccc(C2OC3(C)OC(=N)C(C#N)(C3c3ccccc3)C2(C#N)C#N)cc1. The molecule has 0 aliphatic carbocycles. The lowest BCUT2D eigenvalue weighted by Gasteiger charge is -2.48. The summed E-state index contributed by atoms with van der Waals surface area (Å²) in [6.45, 7) is 1.66. The monoisotopic (exact) mass is 411 g/mol. The van der Waals surface area contributed by atoms with Crippen LogP contribution in [0.5, 0.6) is 0 Å². The van der Waals surface area contributed by atoms with E-state index in [1.54, 1.807) is 43.3 Å². The van der Waals surface area contributed by atoms with Gasteiger partial charge in [0, 0.05) is 26.7 Å². The van der Waals surface area contributed by atoms with E-state index in [0.717, 1.165) is 5.69 Å². The Balaban J connectivity index is 1.98. The largest absolute Gasteiger partial charge is 0.447 e. The van der Waals surface area contributed by atoms with Crippen LogP contribution in [-0.4, -0.2) is 25.8 Å². The molecule has 2 fully saturated rings. The first kappa shape index (κ1) is 20.4. The number of fused-ring (bicyclic) bond motifs is 2. The van der Waals surface area contributed by atoms with Gasteiger partial charge < -0.3 is 14.4 Å². The highest BCUT2D eigenvalue weighted by atomic mass is 16.7. The zero-order chi connectivity index (χ0) is 22.4. The van der Waals surface area contributed by atoms with Crippen molar-refractivity contribution in [2.45, 2.75) is 24.7 Å². The van der Waals surface area contributed by atoms with E-state index in [-0.39, 0.29) is 0 Å². The average Bonchev–Trinajstić information content (AvgIpc) is 2.97. The number of nitrogens with one attached hydrogen (secondary N) is 1. The van der Waals surface area contributed by atoms with Crippen molar-refractivity contribution in [1.82, 2.24) is 0 Å². The lowest BCUT2D eigenvalue weighted by atomic mass is 9.52. The van der Waals surface area contributed by atoms with Crippen LogP contribution in [0.1, 0.15) is 30.1 Å². The zero-order valence-electron chi connectivity index (χ0n) is 17.5. The summed E-state index contributed by atoms with van der Waals surface area (Å²) >= 11 is 0. The van der Waals surface area contributed by atoms with Crippen LogP contribution in [0.15, 0.2) is 54.6 Å². The molecule has 2 aliphatic heterocycles. The van der Waals surface area contributed by atoms with Crippen molar-refractivity contribution in [3.8, 4) is 18.2 Å². The molecule has 0 aromatic heterocycles. The molecule has 2 saturated heterocycles. The molecule has 154 valence electrons. The van der Waals surface area contributed by atoms with Gasteiger partial charge in [-0.05, 0) is 23.3 Å². The number of hydrogen-bond acceptors (Lipinski definition) is 7. The first-order valence-corrected chi connectivity index (χ1v) is 9.81. The molecule has 2 aromatic rings. The third kappa shape index (κ3) is 2.49. The van der Waals surface area contributed by atoms with Crippen molar-refractivity contribution in [2.24, 2.45) is 10.8 Å². The van der Waals surface area contributed by atoms with Gasteiger partial charge in [-0.25, -0.2) is 0 Å². The molecule has 4 unspecified atom stereocenters. The van der Waals surface area contributed by atoms with Gasteiger partial charge in [-0.15, -0.1) is 0 Å². The molecule has 7 heteroatoms. The zero-order valence-corrected chi connectivity index (χ0v) is 17.5. The second kappa shape index (κ2) is 6.84. The Hall–Kier alpha value is -3.86. The van der Waals surface area contributed by atoms with E-state index in [0.29, 0.717) is 11.1 Å². The second-order valence-electron chi connectivity index (χ2n) is 8.23. The summed E-state index contributed by atoms with van der Waals surface area (Å²) in [4.78, 5) is 1.93. The van der Waals surface area contributed by atoms with E-state index in [9.17, 15) is 15.8 Å². The Morgan fingerprint density at radius 3 is 2.03 bits per heavy atom. The highest BCUT2D eigenvalue weighted by molar-refractivity contribution is 5.90. The van der Waals surface area contributed by atoms with E-state index in [2.05, 4.69) is 18.2 Å². The molecule has 0 saturated carbocycles. The summed E-state index contributed by atoms with van der Waals surface area (Å²) < 4.78 is 12.2. The van der Waals surface area contributed by atoms with Crippen LogP contribution in [0.25, 0.3) is 0 Å². The average molecular weight is 411 g/mol. The third-order valence-electron chi connectivity index (χ3n) is 6.36. The Morgan fingerprint density at radius 2 is 1.52 bits per heavy atom. The van der Waals surface area contributed by atoms with Crippen LogP contribution in [0.3, 0.4) is 0 Å². The minimum absolute atomic E-state index is 0.415. The first-order valence-electron chi connectivity index (χ1n) is 9.81. The molecule has 2 aromatic carbocycles. The van der Waals surface area contributed by atoms with Crippen LogP contribution in [0.2, 0.25) is 0 Å². The van der Waals surface area contributed by atoms with Gasteiger partial charge in [0.05, 0.1) is 24.1 Å². The molecule has 2 bridgehead atoms. The number of ether oxygens (including phenoxy) is 2. The van der Waals surface area contributed by atoms with Gasteiger partial charge in [-0.2, -0.15) is 15.8 Å². The molecular formula is C24H21N5O2. The molecule has 4 rings (SSSR count). The third-order valence-corrected chi connectivity index (χ3v) is 6.36. The molecule has 31 heavy (non-hydrogen) atoms. The number of nitriles is 3. The maximum atomic E-state index is 10.4. The van der Waals surface area contributed by atoms with Gasteiger partial charge in [0.2, 0.25) is 17.1 Å². The number of benzene rings is 2. The van der Waals surface area contributed by atoms with Crippen molar-refractivity contribution >= 4 is 11.6 Å². The van der Waals surface area contributed by atoms with Crippen LogP contribution in [-0.2, 0) is 9.47 Å². The molecule has 0 spiro atoms. The normalized spacial score (nSPS) is 30.4. The number of anilines is 1. The van der Waals surface area contributed by atoms with Crippen molar-refractivity contribution in [3.05, 3.63) is 65.7 Å². The predicted octanol–water partition coefficient (Wildman–Crippen LogP) is 3.87. The number of nitrogens with zero attached hydrogens (tertiary/aromatic N) is 4. The van der Waals surface area contributed by atoms with Gasteiger partial charge in [0.15, 0.2) is 5.41 Å². The molecule has 1 N–H and O–H groups in total. The molecule has 4 atom stereocenters. The lowest BCUT2D eigenvalue weighted by Crippen LogP contribution is -2.57. The summed E-state index contributed by atoms with van der Waals surface area (Å²) in [7, 11) is 3.82. The number of rotatable bonds is 3. The summed E-state index contributed by atoms with van der Waals surface area (Å²) in [5, 5.41) is 39.7. The van der Waals surface area contributed by atoms with Crippen LogP contribution in [0, 0.1) is 50.2 Å². The van der Waals surface area contributed by atoms with Gasteiger partial charge in [-0.3, -0.25) is 5.41 Å². The van der Waals surface area contributed by atoms with Gasteiger partial charge in [0.25, 0.3) is 0 Å². The highest BCUT2D eigenvalue weighted by Crippen LogP contribution is 2.69. The molecule has 2 aliphatic rings. The Bertz CT molecular complexity index is 1140. The maximum absolute atomic E-state index is 10.4. The van der Waals surface area contributed by atoms with Crippen LogP contribution >= 0.6 is 0 Å². The van der Waals surface area contributed by atoms with Crippen LogP contribution < -0.4 is 4.90 Å². The van der Waals surface area contributed by atoms with Crippen LogP contribution in [0.4, 0.5) is 5.69 Å². The maximum Gasteiger partial charge on any atom is 0.218 e. The Morgan fingerprint density at radius 1 is 0.903 bits per heavy atom. The fraction of sp³-hybridized carbons (Fsp3) is 0.333. The van der Waals surface area contributed by atoms with Gasteiger partial charge >= 0.3 is 0 Å². The van der Waals surface area contributed by atoms with Crippen molar-refractivity contribution < 1.29 is 9.47 Å². The molecule has 2 heterocycles. The Labute approximate surface area is 181 Å². The lowest BCUT2D eigenvalue weighted by molar-refractivity contribution is -0.253. The minimum atomic E-state index is -1.99. The topological polar surface area (TPSA) is 117 Å². The van der Waals surface area contributed by atoms with Gasteiger partial charge in [0.1, 0.15) is 6.10 Å². The molecule has 0 radical (unpaired) electrons. The van der Waals surface area contributed by atoms with E-state index in [4.69, 9.17) is 14.9 Å². The predicted molar refractivity (Wildman–Crippen MR) is 113 cm³/mol. The molecular weight excluding hydrogens is 390 g/mol. The van der Waals surface area contributed by atoms with Crippen molar-refractivity contribution in [2.75, 3.05) is 19.0 Å². The smallest absolute Gasteiger partial charge is 0.218 e. The summed E-state index contributed by atoms with van der Waals surface area (Å²) in [5.41, 5.74) is -1.64. The summed E-state index contributed by atoms with van der Waals surface area (Å²) in [6.07, 6.45) is -1.08. The number of hydrogen-bond donors (Lipinski definition) is 1. The van der Waals surface area contributed by atoms with E-state index < -0.39 is 34.5 Å². The second-order valence-corrected chi connectivity index (χ2v) is 8.23. The summed E-state index contributed by atoms with van der Waals surface area (Å²) in [5.74, 6) is -2.63. The van der Waals surface area contributed by atoms with Gasteiger partial charge in [-0.1, -0.05) is 42.5 Å². The fourth-order valence-electron chi connectivity index (χ4n) is 4.88. The fourth-order valence-corrected chi connectivity index (χ4v) is 4.88. The highest BCUT2D eigenvalue weighted by Gasteiger charge is 2.79. The summed E-state index contributed by atoms with van der Waals surface area (Å²) in [6, 6.07) is 22.6. The Kier molecular flexibility index (Phi) is 4.51. The van der Waals surface area contributed by atoms with E-state index in [1.165, 1.54) is 0 Å².